The average molecular weight is 109 g/mol. The molecule has 8 heavy (non-hydrogen) atoms. The van der Waals surface area contributed by atoms with E-state index in [-0.39, 0.29) is 0 Å². The minimum atomic E-state index is 0.699. The smallest absolute Gasteiger partial charge is 0.192 e. The molecular weight excluding hydrogens is 106 g/mol. The highest BCUT2D eigenvalue weighted by molar-refractivity contribution is 5.69. The van der Waals surface area contributed by atoms with E-state index in [1.807, 2.05) is 0 Å². The molecule has 3 heteroatoms. The summed E-state index contributed by atoms with van der Waals surface area (Å²) in [5.74, 6) is 0. The highest BCUT2D eigenvalue weighted by Crippen LogP contribution is 2.10. The van der Waals surface area contributed by atoms with Crippen molar-refractivity contribution in [3.8, 4) is 0 Å². The van der Waals surface area contributed by atoms with Crippen molar-refractivity contribution in [3.63, 3.8) is 0 Å². The van der Waals surface area contributed by atoms with Crippen molar-refractivity contribution in [2.75, 3.05) is 0 Å². The molecule has 0 saturated carbocycles. The maximum atomic E-state index is 4.85. The molecule has 0 saturated heterocycles. The Morgan fingerprint density at radius 2 is 2.38 bits per heavy atom. The van der Waals surface area contributed by atoms with Gasteiger partial charge in [-0.2, -0.15) is 0 Å². The number of furan rings is 1. The third-order valence-corrected chi connectivity index (χ3v) is 0.979. The molecule has 0 aliphatic rings. The van der Waals surface area contributed by atoms with Gasteiger partial charge in [-0.25, -0.2) is 4.98 Å². The van der Waals surface area contributed by atoms with Crippen LogP contribution in [0.4, 0.5) is 0 Å². The zero-order valence-electron chi connectivity index (χ0n) is 4.00. The molecule has 0 amide bonds. The second kappa shape index (κ2) is 1.12. The molecule has 0 aliphatic heterocycles. The maximum Gasteiger partial charge on any atom is 0.192 e. The summed E-state index contributed by atoms with van der Waals surface area (Å²) in [7, 11) is 0. The lowest BCUT2D eigenvalue weighted by atomic mass is 10.6. The van der Waals surface area contributed by atoms with Crippen molar-refractivity contribution in [3.05, 3.63) is 18.9 Å². The fourth-order valence-electron chi connectivity index (χ4n) is 0.601. The van der Waals surface area contributed by atoms with Crippen molar-refractivity contribution < 1.29 is 8.83 Å². The molecule has 0 unspecified atom stereocenters. The third-order valence-electron chi connectivity index (χ3n) is 0.979. The molecule has 2 aromatic rings. The second-order valence-corrected chi connectivity index (χ2v) is 1.47. The quantitative estimate of drug-likeness (QED) is 0.513. The van der Waals surface area contributed by atoms with Crippen LogP contribution in [0.2, 0.25) is 0 Å². The van der Waals surface area contributed by atoms with Crippen LogP contribution in [0.5, 0.6) is 0 Å². The minimum Gasteiger partial charge on any atom is -0.466 e. The average Bonchev–Trinajstić information content (AvgIpc) is 2.15. The summed E-state index contributed by atoms with van der Waals surface area (Å²) in [6.45, 7) is 0. The van der Waals surface area contributed by atoms with Gasteiger partial charge in [0, 0.05) is 0 Å². The summed E-state index contributed by atoms with van der Waals surface area (Å²) in [5.41, 5.74) is 1.47. The largest absolute Gasteiger partial charge is 0.466 e. The van der Waals surface area contributed by atoms with Gasteiger partial charge >= 0.3 is 0 Å². The Bertz CT molecular complexity index is 232. The minimum absolute atomic E-state index is 0.699. The molecule has 3 nitrogen and oxygen atoms in total. The van der Waals surface area contributed by atoms with E-state index in [0.717, 1.165) is 5.52 Å². The first kappa shape index (κ1) is 3.72. The van der Waals surface area contributed by atoms with Gasteiger partial charge in [0.25, 0.3) is 0 Å². The summed E-state index contributed by atoms with van der Waals surface area (Å²) < 4.78 is 9.60. The molecule has 2 rings (SSSR count). The van der Waals surface area contributed by atoms with Crippen molar-refractivity contribution in [1.29, 1.82) is 0 Å². The zero-order valence-corrected chi connectivity index (χ0v) is 4.00. The molecule has 0 aliphatic carbocycles. The lowest BCUT2D eigenvalue weighted by molar-refractivity contribution is 0.542. The van der Waals surface area contributed by atoms with Crippen LogP contribution in [0.1, 0.15) is 0 Å². The lowest BCUT2D eigenvalue weighted by Crippen LogP contribution is -1.49. The number of hydrogen-bond donors (Lipinski definition) is 0. The van der Waals surface area contributed by atoms with Gasteiger partial charge in [0.05, 0.1) is 0 Å². The van der Waals surface area contributed by atoms with Crippen molar-refractivity contribution in [1.82, 2.24) is 4.98 Å². The van der Waals surface area contributed by atoms with Gasteiger partial charge in [0.1, 0.15) is 18.0 Å². The number of aromatic nitrogens is 1. The fourth-order valence-corrected chi connectivity index (χ4v) is 0.601. The molecule has 0 bridgehead atoms. The first-order valence-electron chi connectivity index (χ1n) is 2.22. The molecule has 0 fully saturated rings. The number of rotatable bonds is 0. The van der Waals surface area contributed by atoms with Gasteiger partial charge in [0.15, 0.2) is 12.0 Å². The maximum absolute atomic E-state index is 4.85. The SMILES string of the molecule is c1nc2cocc2o1. The Kier molecular flexibility index (Phi) is 0.521. The summed E-state index contributed by atoms with van der Waals surface area (Å²) in [6, 6.07) is 0. The second-order valence-electron chi connectivity index (χ2n) is 1.47. The van der Waals surface area contributed by atoms with Crippen LogP contribution in [-0.4, -0.2) is 4.98 Å². The monoisotopic (exact) mass is 109 g/mol. The molecule has 0 atom stereocenters. The van der Waals surface area contributed by atoms with Crippen LogP contribution in [0.3, 0.4) is 0 Å². The molecule has 40 valence electrons. The summed E-state index contributed by atoms with van der Waals surface area (Å²) in [5, 5.41) is 0. The normalized spacial score (nSPS) is 10.5. The van der Waals surface area contributed by atoms with Crippen LogP contribution in [0.15, 0.2) is 27.8 Å². The van der Waals surface area contributed by atoms with Crippen LogP contribution in [-0.2, 0) is 0 Å². The summed E-state index contributed by atoms with van der Waals surface area (Å²) in [6.07, 6.45) is 4.45. The number of fused-ring (bicyclic) bond motifs is 1. The van der Waals surface area contributed by atoms with E-state index in [1.165, 1.54) is 12.7 Å². The predicted molar refractivity (Wildman–Crippen MR) is 26.3 cm³/mol. The Labute approximate surface area is 44.9 Å². The zero-order chi connectivity index (χ0) is 5.40. The number of nitrogens with zero attached hydrogens (tertiary/aromatic N) is 1. The molecule has 0 radical (unpaired) electrons. The first-order valence-corrected chi connectivity index (χ1v) is 2.22. The van der Waals surface area contributed by atoms with Crippen LogP contribution >= 0.6 is 0 Å². The third kappa shape index (κ3) is 0.307. The van der Waals surface area contributed by atoms with Gasteiger partial charge in [-0.3, -0.25) is 0 Å². The van der Waals surface area contributed by atoms with Gasteiger partial charge < -0.3 is 8.83 Å². The van der Waals surface area contributed by atoms with Crippen molar-refractivity contribution in [2.24, 2.45) is 0 Å². The van der Waals surface area contributed by atoms with Gasteiger partial charge in [-0.15, -0.1) is 0 Å². The van der Waals surface area contributed by atoms with Crippen molar-refractivity contribution >= 4 is 11.1 Å². The molecule has 0 aromatic carbocycles. The van der Waals surface area contributed by atoms with Gasteiger partial charge in [-0.1, -0.05) is 0 Å². The van der Waals surface area contributed by atoms with E-state index < -0.39 is 0 Å². The molecule has 2 heterocycles. The van der Waals surface area contributed by atoms with Gasteiger partial charge in [-0.05, 0) is 0 Å². The van der Waals surface area contributed by atoms with E-state index in [9.17, 15) is 0 Å². The summed E-state index contributed by atoms with van der Waals surface area (Å²) >= 11 is 0. The van der Waals surface area contributed by atoms with E-state index in [2.05, 4.69) is 4.98 Å². The fraction of sp³-hybridized carbons (Fsp3) is 0. The van der Waals surface area contributed by atoms with Crippen LogP contribution in [0, 0.1) is 0 Å². The van der Waals surface area contributed by atoms with Gasteiger partial charge in [0.2, 0.25) is 0 Å². The predicted octanol–water partition coefficient (Wildman–Crippen LogP) is 1.42. The van der Waals surface area contributed by atoms with E-state index in [4.69, 9.17) is 8.83 Å². The van der Waals surface area contributed by atoms with E-state index in [1.54, 1.807) is 6.26 Å². The summed E-state index contributed by atoms with van der Waals surface area (Å²) in [4.78, 5) is 3.82. The molecule has 0 N–H and O–H groups in total. The lowest BCUT2D eigenvalue weighted by Gasteiger charge is -1.61. The Hall–Kier alpha value is -1.25. The Morgan fingerprint density at radius 3 is 3.25 bits per heavy atom. The van der Waals surface area contributed by atoms with Crippen molar-refractivity contribution in [2.45, 2.75) is 0 Å². The van der Waals surface area contributed by atoms with E-state index in [0.29, 0.717) is 5.58 Å². The molecule has 0 spiro atoms. The Balaban J connectivity index is 3.06. The van der Waals surface area contributed by atoms with Crippen LogP contribution < -0.4 is 0 Å². The number of hydrogen-bond acceptors (Lipinski definition) is 3. The first-order chi connectivity index (χ1) is 3.97. The number of oxazole rings is 1. The standard InChI is InChI=1S/C5H3NO2/c1-4-5(2-7-1)8-3-6-4/h1-3H. The topological polar surface area (TPSA) is 39.2 Å². The van der Waals surface area contributed by atoms with Crippen LogP contribution in [0.25, 0.3) is 11.1 Å². The molecular formula is C5H3NO2. The highest BCUT2D eigenvalue weighted by atomic mass is 16.4. The highest BCUT2D eigenvalue weighted by Gasteiger charge is 1.95. The van der Waals surface area contributed by atoms with E-state index >= 15 is 0 Å². The molecule has 2 aromatic heterocycles. The Morgan fingerprint density at radius 1 is 1.38 bits per heavy atom.